The molecular weight excluding hydrogens is 378 g/mol. The van der Waals surface area contributed by atoms with E-state index in [1.54, 1.807) is 18.5 Å². The molecule has 0 spiro atoms. The number of hydrogen-bond acceptors (Lipinski definition) is 5. The van der Waals surface area contributed by atoms with Crippen LogP contribution in [0.4, 0.5) is 0 Å². The van der Waals surface area contributed by atoms with Crippen molar-refractivity contribution in [3.8, 4) is 17.3 Å². The largest absolute Gasteiger partial charge is 0.336 e. The number of rotatable bonds is 3. The smallest absolute Gasteiger partial charge is 0.256 e. The second-order valence-electron chi connectivity index (χ2n) is 7.59. The SMILES string of the molecule is Cc1nc(-c2cc(C(=O)N3CCN(C)CC3)c3ccccn23)cn1-c1ncccn1. The Balaban J connectivity index is 1.57. The zero-order valence-corrected chi connectivity index (χ0v) is 17.1. The van der Waals surface area contributed by atoms with E-state index in [-0.39, 0.29) is 5.91 Å². The van der Waals surface area contributed by atoms with Crippen molar-refractivity contribution in [1.29, 1.82) is 0 Å². The molecule has 0 aromatic carbocycles. The summed E-state index contributed by atoms with van der Waals surface area (Å²) in [6.07, 6.45) is 7.31. The Morgan fingerprint density at radius 2 is 1.80 bits per heavy atom. The zero-order chi connectivity index (χ0) is 20.7. The normalized spacial score (nSPS) is 15.1. The zero-order valence-electron chi connectivity index (χ0n) is 17.1. The van der Waals surface area contributed by atoms with Gasteiger partial charge in [0.05, 0.1) is 16.8 Å². The maximum atomic E-state index is 13.3. The van der Waals surface area contributed by atoms with E-state index in [0.29, 0.717) is 11.5 Å². The number of aryl methyl sites for hydroxylation is 1. The monoisotopic (exact) mass is 401 g/mol. The number of likely N-dealkylation sites (N-methyl/N-ethyl adjacent to an activating group) is 1. The van der Waals surface area contributed by atoms with Crippen LogP contribution in [0, 0.1) is 6.92 Å². The van der Waals surface area contributed by atoms with Crippen LogP contribution in [0.2, 0.25) is 0 Å². The third-order valence-electron chi connectivity index (χ3n) is 5.61. The average molecular weight is 401 g/mol. The predicted molar refractivity (Wildman–Crippen MR) is 114 cm³/mol. The number of amides is 1. The third kappa shape index (κ3) is 3.15. The lowest BCUT2D eigenvalue weighted by molar-refractivity contribution is 0.0666. The second kappa shape index (κ2) is 7.38. The molecule has 1 saturated heterocycles. The number of pyridine rings is 1. The number of nitrogens with zero attached hydrogens (tertiary/aromatic N) is 7. The molecular formula is C22H23N7O. The first-order valence-electron chi connectivity index (χ1n) is 10.0. The summed E-state index contributed by atoms with van der Waals surface area (Å²) < 4.78 is 3.89. The lowest BCUT2D eigenvalue weighted by atomic mass is 10.2. The Labute approximate surface area is 174 Å². The Morgan fingerprint density at radius 1 is 1.03 bits per heavy atom. The van der Waals surface area contributed by atoms with E-state index in [4.69, 9.17) is 4.98 Å². The number of carbonyl (C=O) groups excluding carboxylic acids is 1. The minimum Gasteiger partial charge on any atom is -0.336 e. The molecule has 0 atom stereocenters. The molecule has 0 N–H and O–H groups in total. The Hall–Kier alpha value is -3.52. The van der Waals surface area contributed by atoms with Crippen molar-refractivity contribution in [2.45, 2.75) is 6.92 Å². The van der Waals surface area contributed by atoms with Crippen LogP contribution in [0.15, 0.2) is 55.1 Å². The fourth-order valence-electron chi connectivity index (χ4n) is 3.92. The number of carbonyl (C=O) groups is 1. The van der Waals surface area contributed by atoms with E-state index in [2.05, 4.69) is 21.9 Å². The first kappa shape index (κ1) is 18.5. The summed E-state index contributed by atoms with van der Waals surface area (Å²) in [4.78, 5) is 30.9. The van der Waals surface area contributed by atoms with Crippen molar-refractivity contribution in [1.82, 2.24) is 33.7 Å². The highest BCUT2D eigenvalue weighted by Crippen LogP contribution is 2.27. The summed E-state index contributed by atoms with van der Waals surface area (Å²) in [5, 5.41) is 0. The van der Waals surface area contributed by atoms with Crippen molar-refractivity contribution < 1.29 is 4.79 Å². The molecule has 0 aliphatic carbocycles. The van der Waals surface area contributed by atoms with Gasteiger partial charge in [-0.1, -0.05) is 6.07 Å². The van der Waals surface area contributed by atoms with E-state index in [1.807, 2.05) is 57.5 Å². The summed E-state index contributed by atoms with van der Waals surface area (Å²) in [5.41, 5.74) is 3.25. The van der Waals surface area contributed by atoms with Gasteiger partial charge in [0.25, 0.3) is 5.91 Å². The summed E-state index contributed by atoms with van der Waals surface area (Å²) in [5.74, 6) is 1.43. The van der Waals surface area contributed by atoms with Gasteiger partial charge in [0.15, 0.2) is 0 Å². The molecule has 5 rings (SSSR count). The maximum Gasteiger partial charge on any atom is 0.256 e. The molecule has 152 valence electrons. The number of imidazole rings is 1. The summed E-state index contributed by atoms with van der Waals surface area (Å²) in [7, 11) is 2.09. The Morgan fingerprint density at radius 3 is 2.57 bits per heavy atom. The molecule has 1 aliphatic rings. The summed E-state index contributed by atoms with van der Waals surface area (Å²) >= 11 is 0. The van der Waals surface area contributed by atoms with Gasteiger partial charge in [-0.2, -0.15) is 0 Å². The maximum absolute atomic E-state index is 13.3. The van der Waals surface area contributed by atoms with Gasteiger partial charge in [-0.05, 0) is 38.2 Å². The van der Waals surface area contributed by atoms with Crippen LogP contribution in [0.1, 0.15) is 16.2 Å². The molecule has 8 heteroatoms. The highest BCUT2D eigenvalue weighted by molar-refractivity contribution is 6.02. The van der Waals surface area contributed by atoms with Crippen LogP contribution >= 0.6 is 0 Å². The molecule has 0 unspecified atom stereocenters. The molecule has 30 heavy (non-hydrogen) atoms. The van der Waals surface area contributed by atoms with E-state index in [9.17, 15) is 4.79 Å². The minimum atomic E-state index is 0.0700. The van der Waals surface area contributed by atoms with Crippen LogP contribution in [-0.4, -0.2) is 72.9 Å². The molecule has 4 aromatic rings. The Kier molecular flexibility index (Phi) is 4.55. The van der Waals surface area contributed by atoms with Gasteiger partial charge in [0.2, 0.25) is 5.95 Å². The summed E-state index contributed by atoms with van der Waals surface area (Å²) in [6.45, 7) is 5.20. The molecule has 4 aromatic heterocycles. The van der Waals surface area contributed by atoms with Gasteiger partial charge in [0, 0.05) is 51.0 Å². The van der Waals surface area contributed by atoms with Crippen molar-refractivity contribution in [3.05, 3.63) is 66.5 Å². The van der Waals surface area contributed by atoms with Crippen LogP contribution in [0.5, 0.6) is 0 Å². The minimum absolute atomic E-state index is 0.0700. The fourth-order valence-corrected chi connectivity index (χ4v) is 3.92. The van der Waals surface area contributed by atoms with E-state index < -0.39 is 0 Å². The van der Waals surface area contributed by atoms with Crippen molar-refractivity contribution in [2.24, 2.45) is 0 Å². The van der Waals surface area contributed by atoms with Crippen LogP contribution < -0.4 is 0 Å². The van der Waals surface area contributed by atoms with Gasteiger partial charge >= 0.3 is 0 Å². The fraction of sp³-hybridized carbons (Fsp3) is 0.273. The number of hydrogen-bond donors (Lipinski definition) is 0. The van der Waals surface area contributed by atoms with Crippen LogP contribution in [0.3, 0.4) is 0 Å². The lowest BCUT2D eigenvalue weighted by Crippen LogP contribution is -2.47. The molecule has 1 aliphatic heterocycles. The first-order valence-corrected chi connectivity index (χ1v) is 10.0. The highest BCUT2D eigenvalue weighted by Gasteiger charge is 2.25. The Bertz CT molecular complexity index is 1200. The molecule has 5 heterocycles. The molecule has 8 nitrogen and oxygen atoms in total. The van der Waals surface area contributed by atoms with Crippen molar-refractivity contribution in [2.75, 3.05) is 33.2 Å². The van der Waals surface area contributed by atoms with E-state index >= 15 is 0 Å². The molecule has 0 bridgehead atoms. The quantitative estimate of drug-likeness (QED) is 0.527. The van der Waals surface area contributed by atoms with Gasteiger partial charge in [-0.25, -0.2) is 15.0 Å². The highest BCUT2D eigenvalue weighted by atomic mass is 16.2. The van der Waals surface area contributed by atoms with Crippen molar-refractivity contribution in [3.63, 3.8) is 0 Å². The van der Waals surface area contributed by atoms with Gasteiger partial charge in [0.1, 0.15) is 11.5 Å². The number of piperazine rings is 1. The van der Waals surface area contributed by atoms with Gasteiger partial charge in [-0.15, -0.1) is 0 Å². The number of fused-ring (bicyclic) bond motifs is 1. The molecule has 0 radical (unpaired) electrons. The average Bonchev–Trinajstić information content (AvgIpc) is 3.35. The predicted octanol–water partition coefficient (Wildman–Crippen LogP) is 2.28. The van der Waals surface area contributed by atoms with Crippen molar-refractivity contribution >= 4 is 11.4 Å². The third-order valence-corrected chi connectivity index (χ3v) is 5.61. The van der Waals surface area contributed by atoms with Crippen LogP contribution in [0.25, 0.3) is 22.9 Å². The van der Waals surface area contributed by atoms with Gasteiger partial charge < -0.3 is 14.2 Å². The standard InChI is InChI=1S/C22H23N7O/c1-16-25-18(15-29(16)22-23-7-5-8-24-22)20-14-17(19-6-3-4-9-28(19)20)21(30)27-12-10-26(2)11-13-27/h3-9,14-15H,10-13H2,1-2H3. The molecule has 1 fully saturated rings. The first-order chi connectivity index (χ1) is 14.6. The lowest BCUT2D eigenvalue weighted by Gasteiger charge is -2.32. The molecule has 0 saturated carbocycles. The molecule has 1 amide bonds. The van der Waals surface area contributed by atoms with Crippen LogP contribution in [-0.2, 0) is 0 Å². The topological polar surface area (TPSA) is 71.6 Å². The second-order valence-corrected chi connectivity index (χ2v) is 7.59. The summed E-state index contributed by atoms with van der Waals surface area (Å²) in [6, 6.07) is 9.64. The number of aromatic nitrogens is 5. The van der Waals surface area contributed by atoms with E-state index in [0.717, 1.165) is 48.9 Å². The van der Waals surface area contributed by atoms with Gasteiger partial charge in [-0.3, -0.25) is 9.36 Å². The van der Waals surface area contributed by atoms with E-state index in [1.165, 1.54) is 0 Å².